The fraction of sp³-hybridized carbons (Fsp3) is 0.400. The van der Waals surface area contributed by atoms with Gasteiger partial charge in [-0.1, -0.05) is 19.1 Å². The fourth-order valence-corrected chi connectivity index (χ4v) is 2.30. The molecule has 0 radical (unpaired) electrons. The van der Waals surface area contributed by atoms with E-state index in [2.05, 4.69) is 10.3 Å². The Morgan fingerprint density at radius 2 is 2.16 bits per heavy atom. The van der Waals surface area contributed by atoms with Gasteiger partial charge in [-0.3, -0.25) is 4.79 Å². The van der Waals surface area contributed by atoms with Crippen molar-refractivity contribution in [3.63, 3.8) is 0 Å². The predicted octanol–water partition coefficient (Wildman–Crippen LogP) is 2.30. The standard InChI is InChI=1S/C15H20N2O2/c1-10(8-11(2)18)9-17-15(19)13-5-3-4-12-6-7-16-14(12)13/h3-7,10-11,16,18H,8-9H2,1-2H3,(H,17,19). The summed E-state index contributed by atoms with van der Waals surface area (Å²) < 4.78 is 0. The van der Waals surface area contributed by atoms with Crippen LogP contribution >= 0.6 is 0 Å². The van der Waals surface area contributed by atoms with E-state index in [9.17, 15) is 9.90 Å². The number of fused-ring (bicyclic) bond motifs is 1. The van der Waals surface area contributed by atoms with Gasteiger partial charge in [0.15, 0.2) is 0 Å². The van der Waals surface area contributed by atoms with Crippen molar-refractivity contribution in [1.29, 1.82) is 0 Å². The number of nitrogens with one attached hydrogen (secondary N) is 2. The molecule has 4 heteroatoms. The maximum atomic E-state index is 12.2. The molecule has 102 valence electrons. The maximum Gasteiger partial charge on any atom is 0.253 e. The number of amides is 1. The number of aromatic nitrogens is 1. The molecular formula is C15H20N2O2. The van der Waals surface area contributed by atoms with Crippen LogP contribution in [0.25, 0.3) is 10.9 Å². The van der Waals surface area contributed by atoms with Gasteiger partial charge in [0, 0.05) is 18.1 Å². The van der Waals surface area contributed by atoms with Gasteiger partial charge in [0.2, 0.25) is 0 Å². The van der Waals surface area contributed by atoms with Crippen molar-refractivity contribution in [2.45, 2.75) is 26.4 Å². The van der Waals surface area contributed by atoms with Gasteiger partial charge in [0.1, 0.15) is 0 Å². The first-order valence-corrected chi connectivity index (χ1v) is 6.60. The quantitative estimate of drug-likeness (QED) is 0.772. The van der Waals surface area contributed by atoms with Crippen LogP contribution in [0.15, 0.2) is 30.5 Å². The third-order valence-electron chi connectivity index (χ3n) is 3.19. The number of carbonyl (C=O) groups excluding carboxylic acids is 1. The highest BCUT2D eigenvalue weighted by Gasteiger charge is 2.12. The number of hydrogen-bond donors (Lipinski definition) is 3. The van der Waals surface area contributed by atoms with E-state index >= 15 is 0 Å². The molecule has 0 bridgehead atoms. The minimum atomic E-state index is -0.334. The normalized spacial score (nSPS) is 14.3. The molecule has 2 rings (SSSR count). The zero-order valence-electron chi connectivity index (χ0n) is 11.3. The Hall–Kier alpha value is -1.81. The molecule has 3 N–H and O–H groups in total. The van der Waals surface area contributed by atoms with Crippen LogP contribution in [0.1, 0.15) is 30.6 Å². The van der Waals surface area contributed by atoms with E-state index < -0.39 is 0 Å². The third kappa shape index (κ3) is 3.35. The fourth-order valence-electron chi connectivity index (χ4n) is 2.30. The molecule has 2 unspecified atom stereocenters. The SMILES string of the molecule is CC(O)CC(C)CNC(=O)c1cccc2cc[nH]c12. The van der Waals surface area contributed by atoms with Gasteiger partial charge in [-0.05, 0) is 31.4 Å². The molecule has 0 aliphatic carbocycles. The van der Waals surface area contributed by atoms with Gasteiger partial charge >= 0.3 is 0 Å². The van der Waals surface area contributed by atoms with Crippen LogP contribution in [0, 0.1) is 5.92 Å². The van der Waals surface area contributed by atoms with Crippen LogP contribution in [-0.2, 0) is 0 Å². The van der Waals surface area contributed by atoms with Crippen molar-refractivity contribution in [2.24, 2.45) is 5.92 Å². The van der Waals surface area contributed by atoms with Gasteiger partial charge in [0.05, 0.1) is 17.2 Å². The zero-order chi connectivity index (χ0) is 13.8. The molecule has 1 aromatic carbocycles. The van der Waals surface area contributed by atoms with Crippen LogP contribution in [0.3, 0.4) is 0 Å². The Kier molecular flexibility index (Phi) is 4.22. The Bertz CT molecular complexity index is 560. The Labute approximate surface area is 112 Å². The van der Waals surface area contributed by atoms with E-state index in [4.69, 9.17) is 0 Å². The zero-order valence-corrected chi connectivity index (χ0v) is 11.3. The second-order valence-electron chi connectivity index (χ2n) is 5.15. The molecule has 0 spiro atoms. The Morgan fingerprint density at radius 3 is 2.89 bits per heavy atom. The number of H-pyrrole nitrogens is 1. The summed E-state index contributed by atoms with van der Waals surface area (Å²) in [6, 6.07) is 7.61. The number of benzene rings is 1. The van der Waals surface area contributed by atoms with E-state index in [1.165, 1.54) is 0 Å². The van der Waals surface area contributed by atoms with E-state index in [0.29, 0.717) is 18.5 Å². The third-order valence-corrected chi connectivity index (χ3v) is 3.19. The molecule has 2 atom stereocenters. The highest BCUT2D eigenvalue weighted by molar-refractivity contribution is 6.05. The van der Waals surface area contributed by atoms with Crippen molar-refractivity contribution in [3.8, 4) is 0 Å². The second-order valence-corrected chi connectivity index (χ2v) is 5.15. The first kappa shape index (κ1) is 13.6. The minimum absolute atomic E-state index is 0.0782. The van der Waals surface area contributed by atoms with Crippen LogP contribution in [0.4, 0.5) is 0 Å². The van der Waals surface area contributed by atoms with Crippen LogP contribution < -0.4 is 5.32 Å². The average molecular weight is 260 g/mol. The lowest BCUT2D eigenvalue weighted by Gasteiger charge is -2.14. The largest absolute Gasteiger partial charge is 0.393 e. The van der Waals surface area contributed by atoms with Crippen molar-refractivity contribution in [1.82, 2.24) is 10.3 Å². The summed E-state index contributed by atoms with van der Waals surface area (Å²) in [5.41, 5.74) is 1.52. The van der Waals surface area contributed by atoms with E-state index in [0.717, 1.165) is 10.9 Å². The molecule has 0 saturated carbocycles. The van der Waals surface area contributed by atoms with E-state index in [1.54, 1.807) is 6.92 Å². The highest BCUT2D eigenvalue weighted by Crippen LogP contribution is 2.16. The minimum Gasteiger partial charge on any atom is -0.393 e. The van der Waals surface area contributed by atoms with E-state index in [1.807, 2.05) is 37.4 Å². The monoisotopic (exact) mass is 260 g/mol. The molecule has 1 heterocycles. The molecule has 0 aliphatic heterocycles. The summed E-state index contributed by atoms with van der Waals surface area (Å²) in [5, 5.41) is 13.2. The first-order valence-electron chi connectivity index (χ1n) is 6.60. The summed E-state index contributed by atoms with van der Waals surface area (Å²) >= 11 is 0. The van der Waals surface area contributed by atoms with Gasteiger partial charge < -0.3 is 15.4 Å². The number of carbonyl (C=O) groups is 1. The molecule has 19 heavy (non-hydrogen) atoms. The van der Waals surface area contributed by atoms with Crippen molar-refractivity contribution in [3.05, 3.63) is 36.0 Å². The van der Waals surface area contributed by atoms with E-state index in [-0.39, 0.29) is 17.9 Å². The Morgan fingerprint density at radius 1 is 1.37 bits per heavy atom. The molecule has 4 nitrogen and oxygen atoms in total. The van der Waals surface area contributed by atoms with Crippen molar-refractivity contribution < 1.29 is 9.90 Å². The molecule has 1 amide bonds. The number of rotatable bonds is 5. The lowest BCUT2D eigenvalue weighted by Crippen LogP contribution is -2.29. The second kappa shape index (κ2) is 5.89. The van der Waals surface area contributed by atoms with Crippen molar-refractivity contribution in [2.75, 3.05) is 6.54 Å². The predicted molar refractivity (Wildman–Crippen MR) is 76.1 cm³/mol. The molecule has 0 aliphatic rings. The van der Waals surface area contributed by atoms with Crippen LogP contribution in [0.2, 0.25) is 0 Å². The number of aliphatic hydroxyl groups excluding tert-OH is 1. The number of aromatic amines is 1. The molecule has 1 aromatic heterocycles. The summed E-state index contributed by atoms with van der Waals surface area (Å²) in [7, 11) is 0. The average Bonchev–Trinajstić information content (AvgIpc) is 2.83. The van der Waals surface area contributed by atoms with Gasteiger partial charge in [-0.25, -0.2) is 0 Å². The lowest BCUT2D eigenvalue weighted by molar-refractivity contribution is 0.0941. The van der Waals surface area contributed by atoms with Gasteiger partial charge in [-0.2, -0.15) is 0 Å². The number of hydrogen-bond acceptors (Lipinski definition) is 2. The van der Waals surface area contributed by atoms with Crippen LogP contribution in [-0.4, -0.2) is 28.6 Å². The lowest BCUT2D eigenvalue weighted by atomic mass is 10.0. The molecular weight excluding hydrogens is 240 g/mol. The number of para-hydroxylation sites is 1. The Balaban J connectivity index is 2.02. The summed E-state index contributed by atoms with van der Waals surface area (Å²) in [6.45, 7) is 4.35. The summed E-state index contributed by atoms with van der Waals surface area (Å²) in [5.74, 6) is 0.178. The molecule has 2 aromatic rings. The van der Waals surface area contributed by atoms with Gasteiger partial charge in [0.25, 0.3) is 5.91 Å². The molecule has 0 fully saturated rings. The maximum absolute atomic E-state index is 12.2. The smallest absolute Gasteiger partial charge is 0.253 e. The van der Waals surface area contributed by atoms with Crippen LogP contribution in [0.5, 0.6) is 0 Å². The summed E-state index contributed by atoms with van der Waals surface area (Å²) in [4.78, 5) is 15.2. The first-order chi connectivity index (χ1) is 9.08. The summed E-state index contributed by atoms with van der Waals surface area (Å²) in [6.07, 6.45) is 2.18. The molecule has 0 saturated heterocycles. The topological polar surface area (TPSA) is 65.1 Å². The highest BCUT2D eigenvalue weighted by atomic mass is 16.3. The van der Waals surface area contributed by atoms with Gasteiger partial charge in [-0.15, -0.1) is 0 Å². The van der Waals surface area contributed by atoms with Crippen molar-refractivity contribution >= 4 is 16.8 Å². The number of aliphatic hydroxyl groups is 1.